The topological polar surface area (TPSA) is 63.2 Å². The quantitative estimate of drug-likeness (QED) is 0.862. The second kappa shape index (κ2) is 6.15. The monoisotopic (exact) mass is 307 g/mol. The summed E-state index contributed by atoms with van der Waals surface area (Å²) in [5.41, 5.74) is 0.655. The third-order valence-corrected chi connectivity index (χ3v) is 4.30. The molecule has 0 bridgehead atoms. The predicted octanol–water partition coefficient (Wildman–Crippen LogP) is 2.30. The maximum atomic E-state index is 13.4. The molecule has 0 unspecified atom stereocenters. The molecule has 2 aromatic rings. The van der Waals surface area contributed by atoms with Crippen molar-refractivity contribution in [2.75, 3.05) is 6.54 Å². The van der Waals surface area contributed by atoms with Crippen LogP contribution in [0.15, 0.2) is 53.4 Å². The first-order valence-electron chi connectivity index (χ1n) is 6.24. The number of aryl methyl sites for hydroxylation is 1. The zero-order valence-electron chi connectivity index (χ0n) is 11.3. The van der Waals surface area contributed by atoms with E-state index in [9.17, 15) is 17.6 Å². The highest BCUT2D eigenvalue weighted by atomic mass is 32.2. The van der Waals surface area contributed by atoms with Gasteiger partial charge in [0.1, 0.15) is 5.82 Å². The maximum Gasteiger partial charge on any atom is 0.240 e. The highest BCUT2D eigenvalue weighted by Gasteiger charge is 2.17. The Labute approximate surface area is 122 Å². The highest BCUT2D eigenvalue weighted by molar-refractivity contribution is 7.89. The summed E-state index contributed by atoms with van der Waals surface area (Å²) in [6.07, 6.45) is 0. The Morgan fingerprint density at radius 1 is 1.14 bits per heavy atom. The van der Waals surface area contributed by atoms with E-state index in [1.807, 2.05) is 0 Å². The average Bonchev–Trinajstić information content (AvgIpc) is 2.45. The van der Waals surface area contributed by atoms with Crippen LogP contribution in [0.5, 0.6) is 0 Å². The van der Waals surface area contributed by atoms with Gasteiger partial charge in [-0.25, -0.2) is 17.5 Å². The van der Waals surface area contributed by atoms with Crippen LogP contribution in [0.4, 0.5) is 4.39 Å². The molecule has 0 saturated carbocycles. The second-order valence-corrected chi connectivity index (χ2v) is 6.31. The van der Waals surface area contributed by atoms with E-state index in [2.05, 4.69) is 4.72 Å². The van der Waals surface area contributed by atoms with Crippen LogP contribution >= 0.6 is 0 Å². The summed E-state index contributed by atoms with van der Waals surface area (Å²) < 4.78 is 39.7. The van der Waals surface area contributed by atoms with Gasteiger partial charge in [-0.15, -0.1) is 0 Å². The van der Waals surface area contributed by atoms with Gasteiger partial charge in [0.2, 0.25) is 10.0 Å². The van der Waals surface area contributed by atoms with Crippen molar-refractivity contribution < 1.29 is 17.6 Å². The van der Waals surface area contributed by atoms with E-state index < -0.39 is 28.2 Å². The first kappa shape index (κ1) is 15.3. The molecule has 4 nitrogen and oxygen atoms in total. The van der Waals surface area contributed by atoms with Crippen LogP contribution in [0.3, 0.4) is 0 Å². The third kappa shape index (κ3) is 3.74. The van der Waals surface area contributed by atoms with Crippen LogP contribution in [0, 0.1) is 12.7 Å². The van der Waals surface area contributed by atoms with Crippen molar-refractivity contribution in [2.45, 2.75) is 11.8 Å². The molecule has 1 N–H and O–H groups in total. The van der Waals surface area contributed by atoms with Crippen molar-refractivity contribution in [3.8, 4) is 0 Å². The van der Waals surface area contributed by atoms with Crippen LogP contribution in [-0.4, -0.2) is 20.7 Å². The number of hydrogen-bond acceptors (Lipinski definition) is 3. The number of halogens is 1. The molecule has 0 aliphatic heterocycles. The van der Waals surface area contributed by atoms with Gasteiger partial charge in [0, 0.05) is 0 Å². The molecule has 110 valence electrons. The van der Waals surface area contributed by atoms with Crippen LogP contribution < -0.4 is 4.72 Å². The van der Waals surface area contributed by atoms with Crippen molar-refractivity contribution >= 4 is 15.8 Å². The van der Waals surface area contributed by atoms with Gasteiger partial charge in [-0.1, -0.05) is 24.3 Å². The molecule has 2 aromatic carbocycles. The fourth-order valence-corrected chi connectivity index (χ4v) is 2.90. The van der Waals surface area contributed by atoms with Gasteiger partial charge in [-0.05, 0) is 36.8 Å². The molecule has 0 amide bonds. The summed E-state index contributed by atoms with van der Waals surface area (Å²) in [7, 11) is -3.79. The SMILES string of the molecule is Cc1cccc(S(=O)(=O)NCC(=O)c2ccccc2F)c1. The Bertz CT molecular complexity index is 772. The van der Waals surface area contributed by atoms with Crippen LogP contribution in [0.2, 0.25) is 0 Å². The molecule has 0 radical (unpaired) electrons. The summed E-state index contributed by atoms with van der Waals surface area (Å²) in [6.45, 7) is 1.28. The van der Waals surface area contributed by atoms with Crippen molar-refractivity contribution in [3.63, 3.8) is 0 Å². The van der Waals surface area contributed by atoms with Gasteiger partial charge in [-0.2, -0.15) is 0 Å². The summed E-state index contributed by atoms with van der Waals surface area (Å²) >= 11 is 0. The van der Waals surface area contributed by atoms with E-state index in [-0.39, 0.29) is 10.5 Å². The Balaban J connectivity index is 2.12. The smallest absolute Gasteiger partial charge is 0.240 e. The fraction of sp³-hybridized carbons (Fsp3) is 0.133. The lowest BCUT2D eigenvalue weighted by molar-refractivity contribution is 0.0993. The Morgan fingerprint density at radius 3 is 2.52 bits per heavy atom. The molecule has 0 aliphatic carbocycles. The van der Waals surface area contributed by atoms with E-state index in [1.54, 1.807) is 19.1 Å². The minimum atomic E-state index is -3.79. The summed E-state index contributed by atoms with van der Waals surface area (Å²) in [6, 6.07) is 11.8. The lowest BCUT2D eigenvalue weighted by Gasteiger charge is -2.07. The zero-order valence-corrected chi connectivity index (χ0v) is 12.2. The van der Waals surface area contributed by atoms with Gasteiger partial charge >= 0.3 is 0 Å². The van der Waals surface area contributed by atoms with Gasteiger partial charge in [0.15, 0.2) is 5.78 Å². The molecule has 0 heterocycles. The lowest BCUT2D eigenvalue weighted by Crippen LogP contribution is -2.30. The molecular weight excluding hydrogens is 293 g/mol. The standard InChI is InChI=1S/C15H14FNO3S/c1-11-5-4-6-12(9-11)21(19,20)17-10-15(18)13-7-2-3-8-14(13)16/h2-9,17H,10H2,1H3. The zero-order chi connectivity index (χ0) is 15.5. The Kier molecular flexibility index (Phi) is 4.50. The number of carbonyl (C=O) groups excluding carboxylic acids is 1. The number of rotatable bonds is 5. The number of ketones is 1. The van der Waals surface area contributed by atoms with E-state index in [0.29, 0.717) is 0 Å². The number of Topliss-reactive ketones (excluding diaryl/α,β-unsaturated/α-hetero) is 1. The molecule has 6 heteroatoms. The van der Waals surface area contributed by atoms with Crippen LogP contribution in [0.1, 0.15) is 15.9 Å². The molecule has 0 aliphatic rings. The first-order valence-corrected chi connectivity index (χ1v) is 7.72. The van der Waals surface area contributed by atoms with Crippen molar-refractivity contribution in [1.29, 1.82) is 0 Å². The van der Waals surface area contributed by atoms with Crippen molar-refractivity contribution in [1.82, 2.24) is 4.72 Å². The largest absolute Gasteiger partial charge is 0.293 e. The van der Waals surface area contributed by atoms with Gasteiger partial charge in [0.05, 0.1) is 17.0 Å². The molecule has 0 aromatic heterocycles. The summed E-state index contributed by atoms with van der Waals surface area (Å²) in [5, 5.41) is 0. The molecule has 0 saturated heterocycles. The van der Waals surface area contributed by atoms with Crippen molar-refractivity contribution in [2.24, 2.45) is 0 Å². The Hall–Kier alpha value is -2.05. The van der Waals surface area contributed by atoms with Crippen molar-refractivity contribution in [3.05, 3.63) is 65.5 Å². The molecule has 0 atom stereocenters. The third-order valence-electron chi connectivity index (χ3n) is 2.90. The number of sulfonamides is 1. The second-order valence-electron chi connectivity index (χ2n) is 4.54. The lowest BCUT2D eigenvalue weighted by atomic mass is 10.1. The molecule has 0 fully saturated rings. The molecule has 2 rings (SSSR count). The van der Waals surface area contributed by atoms with Crippen LogP contribution in [-0.2, 0) is 10.0 Å². The average molecular weight is 307 g/mol. The van der Waals surface area contributed by atoms with E-state index >= 15 is 0 Å². The Morgan fingerprint density at radius 2 is 1.86 bits per heavy atom. The summed E-state index contributed by atoms with van der Waals surface area (Å²) in [4.78, 5) is 11.9. The molecular formula is C15H14FNO3S. The number of carbonyl (C=O) groups is 1. The van der Waals surface area contributed by atoms with Gasteiger partial charge < -0.3 is 0 Å². The molecule has 0 spiro atoms. The van der Waals surface area contributed by atoms with Crippen LogP contribution in [0.25, 0.3) is 0 Å². The number of benzene rings is 2. The van der Waals surface area contributed by atoms with E-state index in [1.165, 1.54) is 30.3 Å². The molecule has 21 heavy (non-hydrogen) atoms. The normalized spacial score (nSPS) is 11.3. The minimum absolute atomic E-state index is 0.0730. The minimum Gasteiger partial charge on any atom is -0.293 e. The van der Waals surface area contributed by atoms with Gasteiger partial charge in [0.25, 0.3) is 0 Å². The summed E-state index contributed by atoms with van der Waals surface area (Å²) in [5.74, 6) is -1.29. The maximum absolute atomic E-state index is 13.4. The van der Waals surface area contributed by atoms with Gasteiger partial charge in [-0.3, -0.25) is 4.79 Å². The number of nitrogens with one attached hydrogen (secondary N) is 1. The number of hydrogen-bond donors (Lipinski definition) is 1. The van der Waals surface area contributed by atoms with E-state index in [4.69, 9.17) is 0 Å². The highest BCUT2D eigenvalue weighted by Crippen LogP contribution is 2.11. The fourth-order valence-electron chi connectivity index (χ4n) is 1.81. The predicted molar refractivity (Wildman–Crippen MR) is 77.1 cm³/mol. The van der Waals surface area contributed by atoms with E-state index in [0.717, 1.165) is 11.6 Å². The first-order chi connectivity index (χ1) is 9.90.